The van der Waals surface area contributed by atoms with Gasteiger partial charge in [-0.1, -0.05) is 31.2 Å². The lowest BCUT2D eigenvalue weighted by molar-refractivity contribution is -0.139. The van der Waals surface area contributed by atoms with Crippen molar-refractivity contribution in [2.75, 3.05) is 19.4 Å². The molecule has 2 rings (SSSR count). The Morgan fingerprint density at radius 2 is 2.10 bits per heavy atom. The number of hydrogen-bond donors (Lipinski definition) is 1. The van der Waals surface area contributed by atoms with E-state index < -0.39 is 0 Å². The summed E-state index contributed by atoms with van der Waals surface area (Å²) in [7, 11) is 2.00. The number of ether oxygens (including phenoxy) is 1. The third-order valence-corrected chi connectivity index (χ3v) is 5.15. The Labute approximate surface area is 125 Å². The fourth-order valence-electron chi connectivity index (χ4n) is 2.94. The van der Waals surface area contributed by atoms with Crippen molar-refractivity contribution in [2.45, 2.75) is 37.5 Å². The number of benzene rings is 1. The van der Waals surface area contributed by atoms with Gasteiger partial charge in [-0.2, -0.15) is 0 Å². The van der Waals surface area contributed by atoms with Crippen LogP contribution in [0.15, 0.2) is 24.3 Å². The first-order valence-corrected chi connectivity index (χ1v) is 8.25. The van der Waals surface area contributed by atoms with Crippen LogP contribution in [-0.2, 0) is 9.53 Å². The Balaban J connectivity index is 2.09. The summed E-state index contributed by atoms with van der Waals surface area (Å²) in [6.45, 7) is 4.57. The number of hydrogen-bond acceptors (Lipinski definition) is 4. The number of fused-ring (bicyclic) bond motifs is 1. The van der Waals surface area contributed by atoms with Gasteiger partial charge in [0.05, 0.1) is 12.4 Å². The molecule has 0 spiro atoms. The average molecular weight is 293 g/mol. The zero-order valence-electron chi connectivity index (χ0n) is 12.4. The average Bonchev–Trinajstić information content (AvgIpc) is 2.46. The highest BCUT2D eigenvalue weighted by Gasteiger charge is 2.32. The number of carbonyl (C=O) groups excluding carboxylic acids is 1. The van der Waals surface area contributed by atoms with Crippen LogP contribution in [0, 0.1) is 0 Å². The van der Waals surface area contributed by atoms with Gasteiger partial charge in [0, 0.05) is 11.3 Å². The monoisotopic (exact) mass is 293 g/mol. The first-order chi connectivity index (χ1) is 9.67. The molecular weight excluding hydrogens is 270 g/mol. The maximum Gasteiger partial charge on any atom is 0.315 e. The highest BCUT2D eigenvalue weighted by Crippen LogP contribution is 2.42. The third kappa shape index (κ3) is 3.36. The van der Waals surface area contributed by atoms with Crippen LogP contribution in [0.2, 0.25) is 0 Å². The summed E-state index contributed by atoms with van der Waals surface area (Å²) in [5.41, 5.74) is 2.80. The topological polar surface area (TPSA) is 38.3 Å². The van der Waals surface area contributed by atoms with Crippen LogP contribution in [0.1, 0.15) is 43.4 Å². The second-order valence-electron chi connectivity index (χ2n) is 5.19. The molecule has 0 saturated heterocycles. The lowest BCUT2D eigenvalue weighted by Crippen LogP contribution is -2.34. The molecule has 110 valence electrons. The third-order valence-electron chi connectivity index (χ3n) is 3.85. The van der Waals surface area contributed by atoms with E-state index in [2.05, 4.69) is 36.5 Å². The van der Waals surface area contributed by atoms with Crippen molar-refractivity contribution in [1.29, 1.82) is 0 Å². The van der Waals surface area contributed by atoms with Crippen molar-refractivity contribution in [3.8, 4) is 0 Å². The summed E-state index contributed by atoms with van der Waals surface area (Å²) in [4.78, 5) is 11.5. The first-order valence-electron chi connectivity index (χ1n) is 7.20. The fourth-order valence-corrected chi connectivity index (χ4v) is 4.27. The quantitative estimate of drug-likeness (QED) is 0.847. The van der Waals surface area contributed by atoms with E-state index in [1.165, 1.54) is 11.1 Å². The minimum absolute atomic E-state index is 0.112. The summed E-state index contributed by atoms with van der Waals surface area (Å²) >= 11 is 1.71. The van der Waals surface area contributed by atoms with Gasteiger partial charge in [-0.3, -0.25) is 4.79 Å². The van der Waals surface area contributed by atoms with Crippen LogP contribution in [0.25, 0.3) is 0 Å². The molecule has 0 radical (unpaired) electrons. The fraction of sp³-hybridized carbons (Fsp3) is 0.562. The van der Waals surface area contributed by atoms with Crippen LogP contribution in [0.4, 0.5) is 0 Å². The number of carbonyl (C=O) groups is 1. The van der Waals surface area contributed by atoms with Crippen LogP contribution in [0.5, 0.6) is 0 Å². The van der Waals surface area contributed by atoms with Gasteiger partial charge in [-0.25, -0.2) is 0 Å². The van der Waals surface area contributed by atoms with E-state index in [1.807, 2.05) is 14.0 Å². The highest BCUT2D eigenvalue weighted by molar-refractivity contribution is 8.00. The number of nitrogens with one attached hydrogen (secondary N) is 1. The van der Waals surface area contributed by atoms with Gasteiger partial charge in [0.1, 0.15) is 0 Å². The predicted octanol–water partition coefficient (Wildman–Crippen LogP) is 3.12. The molecule has 3 nitrogen and oxygen atoms in total. The van der Waals surface area contributed by atoms with Crippen molar-refractivity contribution in [1.82, 2.24) is 5.32 Å². The Hall–Kier alpha value is -1.00. The molecule has 1 aliphatic rings. The molecule has 0 fully saturated rings. The van der Waals surface area contributed by atoms with Crippen molar-refractivity contribution in [2.24, 2.45) is 0 Å². The normalized spacial score (nSPS) is 25.1. The van der Waals surface area contributed by atoms with Gasteiger partial charge in [0.25, 0.3) is 0 Å². The molecule has 0 amide bonds. The van der Waals surface area contributed by atoms with Gasteiger partial charge in [-0.15, -0.1) is 11.8 Å². The lowest BCUT2D eigenvalue weighted by atomic mass is 9.81. The lowest BCUT2D eigenvalue weighted by Gasteiger charge is -2.36. The van der Waals surface area contributed by atoms with Crippen molar-refractivity contribution >= 4 is 17.7 Å². The molecule has 1 aromatic carbocycles. The molecule has 20 heavy (non-hydrogen) atoms. The van der Waals surface area contributed by atoms with Crippen LogP contribution < -0.4 is 5.32 Å². The Morgan fingerprint density at radius 3 is 2.75 bits per heavy atom. The zero-order chi connectivity index (χ0) is 14.5. The molecule has 3 atom stereocenters. The zero-order valence-corrected chi connectivity index (χ0v) is 13.2. The Morgan fingerprint density at radius 1 is 1.40 bits per heavy atom. The largest absolute Gasteiger partial charge is 0.465 e. The molecule has 4 heteroatoms. The minimum atomic E-state index is -0.112. The van der Waals surface area contributed by atoms with Crippen molar-refractivity contribution in [3.05, 3.63) is 35.4 Å². The van der Waals surface area contributed by atoms with Crippen LogP contribution in [-0.4, -0.2) is 30.6 Å². The van der Waals surface area contributed by atoms with Crippen LogP contribution >= 0.6 is 11.8 Å². The van der Waals surface area contributed by atoms with E-state index >= 15 is 0 Å². The summed E-state index contributed by atoms with van der Waals surface area (Å²) in [6, 6.07) is 8.92. The molecular formula is C16H23NO2S. The summed E-state index contributed by atoms with van der Waals surface area (Å²) in [6.07, 6.45) is 1.09. The van der Waals surface area contributed by atoms with E-state index in [9.17, 15) is 4.79 Å². The number of thioether (sulfide) groups is 1. The second kappa shape index (κ2) is 7.14. The smallest absolute Gasteiger partial charge is 0.315 e. The van der Waals surface area contributed by atoms with E-state index in [4.69, 9.17) is 4.74 Å². The Bertz CT molecular complexity index is 464. The van der Waals surface area contributed by atoms with Gasteiger partial charge < -0.3 is 10.1 Å². The molecule has 1 aromatic rings. The maximum absolute atomic E-state index is 11.5. The van der Waals surface area contributed by atoms with E-state index in [0.717, 1.165) is 6.42 Å². The number of rotatable bonds is 5. The minimum Gasteiger partial charge on any atom is -0.465 e. The standard InChI is InChI=1S/C16H23NO2S/c1-4-19-15(18)10-20-14-9-11(2)12-7-5-6-8-13(12)16(14)17-3/h5-8,11,14,16-17H,4,9-10H2,1-3H3. The second-order valence-corrected chi connectivity index (χ2v) is 6.41. The molecule has 0 bridgehead atoms. The van der Waals surface area contributed by atoms with E-state index in [1.54, 1.807) is 11.8 Å². The van der Waals surface area contributed by atoms with E-state index in [0.29, 0.717) is 29.6 Å². The van der Waals surface area contributed by atoms with Gasteiger partial charge in [0.15, 0.2) is 0 Å². The summed E-state index contributed by atoms with van der Waals surface area (Å²) in [5.74, 6) is 0.861. The molecule has 1 aliphatic carbocycles. The molecule has 0 aliphatic heterocycles. The summed E-state index contributed by atoms with van der Waals surface area (Å²) in [5, 5.41) is 3.82. The molecule has 0 aromatic heterocycles. The maximum atomic E-state index is 11.5. The van der Waals surface area contributed by atoms with Crippen molar-refractivity contribution < 1.29 is 9.53 Å². The molecule has 0 heterocycles. The van der Waals surface area contributed by atoms with Gasteiger partial charge >= 0.3 is 5.97 Å². The highest BCUT2D eigenvalue weighted by atomic mass is 32.2. The molecule has 3 unspecified atom stereocenters. The Kier molecular flexibility index (Phi) is 5.49. The van der Waals surface area contributed by atoms with E-state index in [-0.39, 0.29) is 5.97 Å². The number of esters is 1. The van der Waals surface area contributed by atoms with Gasteiger partial charge in [-0.05, 0) is 37.4 Å². The molecule has 0 saturated carbocycles. The van der Waals surface area contributed by atoms with Gasteiger partial charge in [0.2, 0.25) is 0 Å². The predicted molar refractivity (Wildman–Crippen MR) is 84.2 cm³/mol. The SMILES string of the molecule is CCOC(=O)CSC1CC(C)c2ccccc2C1NC. The first kappa shape index (κ1) is 15.4. The van der Waals surface area contributed by atoms with Crippen molar-refractivity contribution in [3.63, 3.8) is 0 Å². The molecule has 1 N–H and O–H groups in total. The summed E-state index contributed by atoms with van der Waals surface area (Å²) < 4.78 is 5.02. The van der Waals surface area contributed by atoms with Crippen LogP contribution in [0.3, 0.4) is 0 Å².